The SMILES string of the molecule is Cc1nnc(Sc2ccc(O)c3ccccc23)s1. The summed E-state index contributed by atoms with van der Waals surface area (Å²) in [6.45, 7) is 1.94. The summed E-state index contributed by atoms with van der Waals surface area (Å²) in [7, 11) is 0. The number of benzene rings is 2. The van der Waals surface area contributed by atoms with Crippen molar-refractivity contribution >= 4 is 33.9 Å². The fraction of sp³-hybridized carbons (Fsp3) is 0.0769. The Bertz CT molecular complexity index is 709. The number of aromatic nitrogens is 2. The molecule has 0 atom stereocenters. The number of rotatable bonds is 2. The van der Waals surface area contributed by atoms with E-state index in [1.807, 2.05) is 37.3 Å². The molecule has 0 aliphatic heterocycles. The van der Waals surface area contributed by atoms with Crippen molar-refractivity contribution in [2.24, 2.45) is 0 Å². The van der Waals surface area contributed by atoms with Crippen molar-refractivity contribution in [2.75, 3.05) is 0 Å². The average molecular weight is 274 g/mol. The number of hydrogen-bond acceptors (Lipinski definition) is 5. The fourth-order valence-electron chi connectivity index (χ4n) is 1.76. The van der Waals surface area contributed by atoms with E-state index in [0.29, 0.717) is 5.75 Å². The largest absolute Gasteiger partial charge is 0.507 e. The van der Waals surface area contributed by atoms with E-state index < -0.39 is 0 Å². The van der Waals surface area contributed by atoms with E-state index in [4.69, 9.17) is 0 Å². The second-order valence-electron chi connectivity index (χ2n) is 3.82. The van der Waals surface area contributed by atoms with Crippen LogP contribution < -0.4 is 0 Å². The molecule has 1 heterocycles. The second kappa shape index (κ2) is 4.59. The van der Waals surface area contributed by atoms with Gasteiger partial charge in [0.15, 0.2) is 4.34 Å². The Balaban J connectivity index is 2.09. The van der Waals surface area contributed by atoms with Gasteiger partial charge in [0.05, 0.1) is 0 Å². The van der Waals surface area contributed by atoms with Crippen LogP contribution in [0.5, 0.6) is 5.75 Å². The van der Waals surface area contributed by atoms with E-state index in [0.717, 1.165) is 25.0 Å². The van der Waals surface area contributed by atoms with Gasteiger partial charge in [-0.05, 0) is 24.4 Å². The number of aromatic hydroxyl groups is 1. The summed E-state index contributed by atoms with van der Waals surface area (Å²) in [4.78, 5) is 1.08. The third kappa shape index (κ3) is 2.07. The molecular weight excluding hydrogens is 264 g/mol. The van der Waals surface area contributed by atoms with E-state index in [9.17, 15) is 5.11 Å². The fourth-order valence-corrected chi connectivity index (χ4v) is 3.67. The molecule has 0 unspecified atom stereocenters. The Morgan fingerprint density at radius 1 is 1.06 bits per heavy atom. The number of phenolic OH excluding ortho intramolecular Hbond substituents is 1. The highest BCUT2D eigenvalue weighted by Crippen LogP contribution is 2.37. The molecule has 0 aliphatic rings. The Morgan fingerprint density at radius 2 is 1.83 bits per heavy atom. The average Bonchev–Trinajstić information content (AvgIpc) is 2.79. The van der Waals surface area contributed by atoms with Crippen molar-refractivity contribution in [3.63, 3.8) is 0 Å². The van der Waals surface area contributed by atoms with Gasteiger partial charge >= 0.3 is 0 Å². The molecule has 2 aromatic carbocycles. The molecule has 0 saturated carbocycles. The molecule has 0 bridgehead atoms. The normalized spacial score (nSPS) is 10.9. The monoisotopic (exact) mass is 274 g/mol. The molecule has 0 fully saturated rings. The maximum absolute atomic E-state index is 9.83. The van der Waals surface area contributed by atoms with Gasteiger partial charge in [0, 0.05) is 10.3 Å². The predicted molar refractivity (Wildman–Crippen MR) is 74.4 cm³/mol. The summed E-state index contributed by atoms with van der Waals surface area (Å²) >= 11 is 3.15. The van der Waals surface area contributed by atoms with Crippen LogP contribution in [0, 0.1) is 6.92 Å². The summed E-state index contributed by atoms with van der Waals surface area (Å²) in [5.74, 6) is 0.309. The second-order valence-corrected chi connectivity index (χ2v) is 6.29. The lowest BCUT2D eigenvalue weighted by atomic mass is 10.1. The maximum Gasteiger partial charge on any atom is 0.179 e. The Kier molecular flexibility index (Phi) is 2.93. The summed E-state index contributed by atoms with van der Waals surface area (Å²) in [6, 6.07) is 11.5. The van der Waals surface area contributed by atoms with Crippen molar-refractivity contribution in [3.8, 4) is 5.75 Å². The first-order chi connectivity index (χ1) is 8.74. The zero-order valence-electron chi connectivity index (χ0n) is 9.62. The molecule has 3 aromatic rings. The molecule has 18 heavy (non-hydrogen) atoms. The lowest BCUT2D eigenvalue weighted by molar-refractivity contribution is 0.481. The molecule has 3 rings (SSSR count). The zero-order chi connectivity index (χ0) is 12.5. The number of aryl methyl sites for hydroxylation is 1. The first-order valence-corrected chi connectivity index (χ1v) is 7.06. The van der Waals surface area contributed by atoms with Gasteiger partial charge in [-0.25, -0.2) is 0 Å². The van der Waals surface area contributed by atoms with E-state index >= 15 is 0 Å². The van der Waals surface area contributed by atoms with Crippen LogP contribution in [-0.2, 0) is 0 Å². The number of phenols is 1. The lowest BCUT2D eigenvalue weighted by Gasteiger charge is -2.05. The molecule has 0 aliphatic carbocycles. The van der Waals surface area contributed by atoms with Gasteiger partial charge in [-0.15, -0.1) is 10.2 Å². The molecular formula is C13H10N2OS2. The van der Waals surface area contributed by atoms with Crippen molar-refractivity contribution < 1.29 is 5.11 Å². The first-order valence-electron chi connectivity index (χ1n) is 5.43. The van der Waals surface area contributed by atoms with Crippen molar-refractivity contribution in [1.29, 1.82) is 0 Å². The van der Waals surface area contributed by atoms with Gasteiger partial charge in [-0.2, -0.15) is 0 Å². The molecule has 1 aromatic heterocycles. The minimum atomic E-state index is 0.309. The number of hydrogen-bond donors (Lipinski definition) is 1. The lowest BCUT2D eigenvalue weighted by Crippen LogP contribution is -1.79. The molecule has 0 saturated heterocycles. The summed E-state index contributed by atoms with van der Waals surface area (Å²) < 4.78 is 0.920. The minimum Gasteiger partial charge on any atom is -0.507 e. The third-order valence-electron chi connectivity index (χ3n) is 2.57. The molecule has 0 spiro atoms. The van der Waals surface area contributed by atoms with E-state index in [1.165, 1.54) is 0 Å². The van der Waals surface area contributed by atoms with Gasteiger partial charge in [0.2, 0.25) is 0 Å². The summed E-state index contributed by atoms with van der Waals surface area (Å²) in [5.41, 5.74) is 0. The Labute approximate surface area is 113 Å². The summed E-state index contributed by atoms with van der Waals surface area (Å²) in [5, 5.41) is 20.8. The van der Waals surface area contributed by atoms with Gasteiger partial charge in [-0.1, -0.05) is 47.4 Å². The van der Waals surface area contributed by atoms with Crippen LogP contribution in [0.25, 0.3) is 10.8 Å². The molecule has 0 amide bonds. The van der Waals surface area contributed by atoms with Crippen LogP contribution in [0.1, 0.15) is 5.01 Å². The molecule has 5 heteroatoms. The topological polar surface area (TPSA) is 46.0 Å². The van der Waals surface area contributed by atoms with Crippen LogP contribution in [0.15, 0.2) is 45.6 Å². The predicted octanol–water partition coefficient (Wildman–Crippen LogP) is 3.86. The van der Waals surface area contributed by atoms with Gasteiger partial charge < -0.3 is 5.11 Å². The van der Waals surface area contributed by atoms with Gasteiger partial charge in [0.1, 0.15) is 10.8 Å². The Hall–Kier alpha value is -1.59. The minimum absolute atomic E-state index is 0.309. The zero-order valence-corrected chi connectivity index (χ0v) is 11.3. The Morgan fingerprint density at radius 3 is 2.56 bits per heavy atom. The third-order valence-corrected chi connectivity index (χ3v) is 4.53. The van der Waals surface area contributed by atoms with Crippen LogP contribution in [-0.4, -0.2) is 15.3 Å². The van der Waals surface area contributed by atoms with E-state index in [2.05, 4.69) is 10.2 Å². The van der Waals surface area contributed by atoms with Gasteiger partial charge in [-0.3, -0.25) is 0 Å². The van der Waals surface area contributed by atoms with Crippen LogP contribution >= 0.6 is 23.1 Å². The first kappa shape index (κ1) is 11.5. The highest BCUT2D eigenvalue weighted by atomic mass is 32.2. The molecule has 1 N–H and O–H groups in total. The maximum atomic E-state index is 9.83. The number of fused-ring (bicyclic) bond motifs is 1. The number of nitrogens with zero attached hydrogens (tertiary/aromatic N) is 2. The van der Waals surface area contributed by atoms with Crippen molar-refractivity contribution in [2.45, 2.75) is 16.2 Å². The van der Waals surface area contributed by atoms with Crippen LogP contribution in [0.4, 0.5) is 0 Å². The van der Waals surface area contributed by atoms with Crippen LogP contribution in [0.3, 0.4) is 0 Å². The quantitative estimate of drug-likeness (QED) is 0.771. The van der Waals surface area contributed by atoms with E-state index in [-0.39, 0.29) is 0 Å². The standard InChI is InChI=1S/C13H10N2OS2/c1-8-14-15-13(17-8)18-12-7-6-11(16)9-4-2-3-5-10(9)12/h2-7,16H,1H3. The van der Waals surface area contributed by atoms with Crippen LogP contribution in [0.2, 0.25) is 0 Å². The highest BCUT2D eigenvalue weighted by Gasteiger charge is 2.08. The smallest absolute Gasteiger partial charge is 0.179 e. The molecule has 0 radical (unpaired) electrons. The molecule has 3 nitrogen and oxygen atoms in total. The van der Waals surface area contributed by atoms with E-state index in [1.54, 1.807) is 29.2 Å². The van der Waals surface area contributed by atoms with Crippen molar-refractivity contribution in [1.82, 2.24) is 10.2 Å². The van der Waals surface area contributed by atoms with Gasteiger partial charge in [0.25, 0.3) is 0 Å². The summed E-state index contributed by atoms with van der Waals surface area (Å²) in [6.07, 6.45) is 0. The van der Waals surface area contributed by atoms with Crippen molar-refractivity contribution in [3.05, 3.63) is 41.4 Å². The molecule has 90 valence electrons. The highest BCUT2D eigenvalue weighted by molar-refractivity contribution is 8.01.